The highest BCUT2D eigenvalue weighted by Crippen LogP contribution is 2.28. The molecule has 154 valence electrons. The number of H-pyrrole nitrogens is 1. The molecule has 3 heterocycles. The summed E-state index contributed by atoms with van der Waals surface area (Å²) in [6.45, 7) is 0.272. The number of aromatic amines is 1. The van der Waals surface area contributed by atoms with E-state index in [9.17, 15) is 13.2 Å². The summed E-state index contributed by atoms with van der Waals surface area (Å²) < 4.78 is 25.1. The zero-order chi connectivity index (χ0) is 20.4. The number of thiazole rings is 1. The molecule has 4 aromatic rings. The Balaban J connectivity index is 0.00000171. The number of aromatic nitrogens is 3. The van der Waals surface area contributed by atoms with Crippen LogP contribution in [-0.2, 0) is 16.6 Å². The normalized spacial score (nSPS) is 11.5. The van der Waals surface area contributed by atoms with Gasteiger partial charge in [0.05, 0.1) is 18.5 Å². The minimum Gasteiger partial charge on any atom is -0.346 e. The smallest absolute Gasteiger partial charge is 0.251 e. The van der Waals surface area contributed by atoms with Gasteiger partial charge in [0.25, 0.3) is 5.91 Å². The third kappa shape index (κ3) is 4.44. The minimum atomic E-state index is -3.41. The maximum absolute atomic E-state index is 12.4. The van der Waals surface area contributed by atoms with Crippen LogP contribution in [0.1, 0.15) is 19.6 Å². The summed E-state index contributed by atoms with van der Waals surface area (Å²) in [6, 6.07) is 10.2. The predicted octanol–water partition coefficient (Wildman–Crippen LogP) is 3.73. The van der Waals surface area contributed by atoms with Gasteiger partial charge in [0.2, 0.25) is 10.0 Å². The standard InChI is InChI=1S/C19H17N5O3S2.3H2/c1-29(26,27)24-13-5-2-4-12(8-13)19(25)22-10-17-23-16(11-28-17)15-9-21-18-14(15)6-3-7-20-18;;;/h2-9,11,24H,10H2,1H3,(H,20,21)(H,22,25);3*1H. The van der Waals surface area contributed by atoms with Gasteiger partial charge in [-0.05, 0) is 30.3 Å². The second-order valence-corrected chi connectivity index (χ2v) is 9.06. The van der Waals surface area contributed by atoms with Crippen LogP contribution >= 0.6 is 11.3 Å². The molecule has 3 aromatic heterocycles. The maximum Gasteiger partial charge on any atom is 0.251 e. The van der Waals surface area contributed by atoms with Crippen molar-refractivity contribution in [1.29, 1.82) is 0 Å². The van der Waals surface area contributed by atoms with Crippen LogP contribution in [0.3, 0.4) is 0 Å². The van der Waals surface area contributed by atoms with Gasteiger partial charge in [-0.15, -0.1) is 11.3 Å². The molecule has 4 rings (SSSR count). The maximum atomic E-state index is 12.4. The van der Waals surface area contributed by atoms with Crippen molar-refractivity contribution in [2.45, 2.75) is 6.54 Å². The van der Waals surface area contributed by atoms with E-state index < -0.39 is 10.0 Å². The largest absolute Gasteiger partial charge is 0.346 e. The lowest BCUT2D eigenvalue weighted by atomic mass is 10.2. The number of benzene rings is 1. The first-order valence-electron chi connectivity index (χ1n) is 8.62. The van der Waals surface area contributed by atoms with Crippen molar-refractivity contribution < 1.29 is 17.5 Å². The number of hydrogen-bond donors (Lipinski definition) is 3. The lowest BCUT2D eigenvalue weighted by molar-refractivity contribution is 0.0951. The van der Waals surface area contributed by atoms with Gasteiger partial charge in [-0.25, -0.2) is 18.4 Å². The summed E-state index contributed by atoms with van der Waals surface area (Å²) in [6.07, 6.45) is 4.66. The number of sulfonamides is 1. The molecule has 10 heteroatoms. The van der Waals surface area contributed by atoms with Crippen LogP contribution in [0.15, 0.2) is 54.2 Å². The highest BCUT2D eigenvalue weighted by atomic mass is 32.2. The summed E-state index contributed by atoms with van der Waals surface area (Å²) in [4.78, 5) is 24.4. The number of carbonyl (C=O) groups is 1. The number of nitrogens with one attached hydrogen (secondary N) is 3. The van der Waals surface area contributed by atoms with Gasteiger partial charge in [0, 0.05) is 44.3 Å². The average molecular weight is 434 g/mol. The first kappa shape index (κ1) is 19.1. The molecule has 0 radical (unpaired) electrons. The Morgan fingerprint density at radius 1 is 1.28 bits per heavy atom. The Kier molecular flexibility index (Phi) is 5.03. The number of carbonyl (C=O) groups excluding carboxylic acids is 1. The second-order valence-electron chi connectivity index (χ2n) is 6.37. The van der Waals surface area contributed by atoms with E-state index in [0.717, 1.165) is 33.6 Å². The molecule has 8 nitrogen and oxygen atoms in total. The van der Waals surface area contributed by atoms with E-state index in [1.165, 1.54) is 17.4 Å². The van der Waals surface area contributed by atoms with E-state index in [-0.39, 0.29) is 16.7 Å². The molecule has 0 spiro atoms. The molecule has 1 amide bonds. The van der Waals surface area contributed by atoms with E-state index >= 15 is 0 Å². The summed E-state index contributed by atoms with van der Waals surface area (Å²) in [5.74, 6) is -0.310. The molecular weight excluding hydrogens is 410 g/mol. The van der Waals surface area contributed by atoms with E-state index in [1.807, 2.05) is 23.7 Å². The van der Waals surface area contributed by atoms with Gasteiger partial charge < -0.3 is 10.3 Å². The van der Waals surface area contributed by atoms with Crippen molar-refractivity contribution in [3.63, 3.8) is 0 Å². The monoisotopic (exact) mass is 433 g/mol. The fourth-order valence-electron chi connectivity index (χ4n) is 2.88. The number of anilines is 1. The predicted molar refractivity (Wildman–Crippen MR) is 120 cm³/mol. The van der Waals surface area contributed by atoms with Gasteiger partial charge >= 0.3 is 0 Å². The van der Waals surface area contributed by atoms with Crippen molar-refractivity contribution >= 4 is 44.0 Å². The number of pyridine rings is 1. The first-order valence-corrected chi connectivity index (χ1v) is 11.4. The fourth-order valence-corrected chi connectivity index (χ4v) is 4.17. The van der Waals surface area contributed by atoms with E-state index in [4.69, 9.17) is 0 Å². The second kappa shape index (κ2) is 7.64. The Morgan fingerprint density at radius 3 is 2.97 bits per heavy atom. The molecule has 3 N–H and O–H groups in total. The van der Waals surface area contributed by atoms with Crippen molar-refractivity contribution in [3.8, 4) is 11.3 Å². The molecule has 1 aromatic carbocycles. The molecule has 0 unspecified atom stereocenters. The van der Waals surface area contributed by atoms with Crippen LogP contribution in [0.2, 0.25) is 0 Å². The third-order valence-corrected chi connectivity index (χ3v) is 5.56. The number of fused-ring (bicyclic) bond motifs is 1. The van der Waals surface area contributed by atoms with Crippen molar-refractivity contribution in [3.05, 3.63) is 64.7 Å². The number of hydrogen-bond acceptors (Lipinski definition) is 6. The zero-order valence-electron chi connectivity index (χ0n) is 15.3. The van der Waals surface area contributed by atoms with Gasteiger partial charge in [-0.3, -0.25) is 9.52 Å². The Bertz CT molecular complexity index is 1310. The van der Waals surface area contributed by atoms with E-state index in [2.05, 4.69) is 25.0 Å². The molecule has 0 aliphatic heterocycles. The SMILES string of the molecule is CS(=O)(=O)Nc1cccc(C(=O)NCc2nc(-c3c[nH]c4ncccc34)cs2)c1.[HH].[HH].[HH]. The summed E-state index contributed by atoms with van der Waals surface area (Å²) in [7, 11) is -3.41. The molecular formula is C19H23N5O3S2. The number of nitrogens with zero attached hydrogens (tertiary/aromatic N) is 2. The molecule has 29 heavy (non-hydrogen) atoms. The summed E-state index contributed by atoms with van der Waals surface area (Å²) in [5.41, 5.74) is 3.27. The van der Waals surface area contributed by atoms with Crippen molar-refractivity contribution in [2.24, 2.45) is 0 Å². The van der Waals surface area contributed by atoms with Crippen LogP contribution in [-0.4, -0.2) is 35.5 Å². The Morgan fingerprint density at radius 2 is 2.14 bits per heavy atom. The molecule has 0 atom stereocenters. The molecule has 0 aliphatic carbocycles. The first-order chi connectivity index (χ1) is 13.9. The van der Waals surface area contributed by atoms with Crippen LogP contribution in [0.25, 0.3) is 22.3 Å². The third-order valence-electron chi connectivity index (χ3n) is 4.11. The molecule has 0 saturated heterocycles. The highest BCUT2D eigenvalue weighted by molar-refractivity contribution is 7.92. The Labute approximate surface area is 175 Å². The molecule has 0 bridgehead atoms. The lowest BCUT2D eigenvalue weighted by Crippen LogP contribution is -2.23. The highest BCUT2D eigenvalue weighted by Gasteiger charge is 2.12. The van der Waals surface area contributed by atoms with Gasteiger partial charge in [-0.2, -0.15) is 0 Å². The van der Waals surface area contributed by atoms with Gasteiger partial charge in [-0.1, -0.05) is 6.07 Å². The fraction of sp³-hybridized carbons (Fsp3) is 0.105. The van der Waals surface area contributed by atoms with Crippen LogP contribution in [0.5, 0.6) is 0 Å². The number of amides is 1. The molecule has 0 aliphatic rings. The summed E-state index contributed by atoms with van der Waals surface area (Å²) in [5, 5.41) is 6.50. The van der Waals surface area contributed by atoms with E-state index in [0.29, 0.717) is 11.3 Å². The summed E-state index contributed by atoms with van der Waals surface area (Å²) >= 11 is 1.45. The van der Waals surface area contributed by atoms with Crippen LogP contribution in [0.4, 0.5) is 5.69 Å². The van der Waals surface area contributed by atoms with Crippen LogP contribution in [0, 0.1) is 0 Å². The quantitative estimate of drug-likeness (QED) is 0.428. The Hall–Kier alpha value is -3.24. The molecule has 0 saturated carbocycles. The van der Waals surface area contributed by atoms with Gasteiger partial charge in [0.1, 0.15) is 10.7 Å². The topological polar surface area (TPSA) is 117 Å². The zero-order valence-corrected chi connectivity index (χ0v) is 17.0. The van der Waals surface area contributed by atoms with E-state index in [1.54, 1.807) is 24.4 Å². The van der Waals surface area contributed by atoms with Gasteiger partial charge in [0.15, 0.2) is 0 Å². The lowest BCUT2D eigenvalue weighted by Gasteiger charge is -2.07. The van der Waals surface area contributed by atoms with Crippen molar-refractivity contribution in [1.82, 2.24) is 20.3 Å². The minimum absolute atomic E-state index is 0. The van der Waals surface area contributed by atoms with Crippen molar-refractivity contribution in [2.75, 3.05) is 11.0 Å². The molecule has 0 fully saturated rings. The van der Waals surface area contributed by atoms with Crippen LogP contribution < -0.4 is 10.0 Å². The average Bonchev–Trinajstić information content (AvgIpc) is 3.31. The number of rotatable bonds is 6.